The van der Waals surface area contributed by atoms with Crippen molar-refractivity contribution < 1.29 is 22.8 Å². The molecule has 116 valence electrons. The van der Waals surface area contributed by atoms with Crippen molar-refractivity contribution in [2.24, 2.45) is 0 Å². The second-order valence-corrected chi connectivity index (χ2v) is 5.49. The van der Waals surface area contributed by atoms with Gasteiger partial charge in [0.1, 0.15) is 6.54 Å². The molecule has 0 radical (unpaired) electrons. The number of urea groups is 1. The van der Waals surface area contributed by atoms with Gasteiger partial charge < -0.3 is 5.32 Å². The molecule has 1 aromatic rings. The van der Waals surface area contributed by atoms with E-state index in [4.69, 9.17) is 23.2 Å². The molecular formula is C11H9Cl2F3N2O2S. The summed E-state index contributed by atoms with van der Waals surface area (Å²) in [6.45, 7) is -1.52. The maximum absolute atomic E-state index is 11.9. The molecule has 0 bridgehead atoms. The maximum Gasteiger partial charge on any atom is 0.405 e. The van der Waals surface area contributed by atoms with Gasteiger partial charge in [-0.15, -0.1) is 11.8 Å². The molecule has 0 saturated carbocycles. The van der Waals surface area contributed by atoms with Crippen molar-refractivity contribution in [1.82, 2.24) is 10.6 Å². The molecule has 1 aromatic carbocycles. The molecule has 21 heavy (non-hydrogen) atoms. The summed E-state index contributed by atoms with van der Waals surface area (Å²) in [7, 11) is 0. The quantitative estimate of drug-likeness (QED) is 0.808. The minimum atomic E-state index is -4.54. The Morgan fingerprint density at radius 2 is 1.76 bits per heavy atom. The lowest BCUT2D eigenvalue weighted by molar-refractivity contribution is -0.124. The number of halogens is 5. The van der Waals surface area contributed by atoms with Gasteiger partial charge in [0.2, 0.25) is 5.91 Å². The fourth-order valence-electron chi connectivity index (χ4n) is 1.15. The molecule has 10 heteroatoms. The molecule has 0 saturated heterocycles. The molecule has 2 N–H and O–H groups in total. The Balaban J connectivity index is 2.43. The number of imide groups is 1. The number of hydrogen-bond acceptors (Lipinski definition) is 3. The van der Waals surface area contributed by atoms with Gasteiger partial charge in [-0.05, 0) is 12.1 Å². The lowest BCUT2D eigenvalue weighted by Gasteiger charge is -2.09. The van der Waals surface area contributed by atoms with Crippen LogP contribution in [0.15, 0.2) is 23.1 Å². The third-order valence-corrected chi connectivity index (χ3v) is 3.96. The van der Waals surface area contributed by atoms with Crippen molar-refractivity contribution in [3.63, 3.8) is 0 Å². The Morgan fingerprint density at radius 3 is 2.29 bits per heavy atom. The molecule has 0 spiro atoms. The number of alkyl halides is 3. The van der Waals surface area contributed by atoms with Crippen molar-refractivity contribution in [2.45, 2.75) is 11.1 Å². The fraction of sp³-hybridized carbons (Fsp3) is 0.273. The van der Waals surface area contributed by atoms with Crippen molar-refractivity contribution in [3.8, 4) is 0 Å². The first-order chi connectivity index (χ1) is 9.69. The predicted molar refractivity (Wildman–Crippen MR) is 74.8 cm³/mol. The maximum atomic E-state index is 11.9. The number of nitrogens with one attached hydrogen (secondary N) is 2. The summed E-state index contributed by atoms with van der Waals surface area (Å²) in [6.07, 6.45) is -4.54. The minimum Gasteiger partial charge on any atom is -0.329 e. The van der Waals surface area contributed by atoms with Crippen molar-refractivity contribution in [1.29, 1.82) is 0 Å². The molecule has 0 aliphatic rings. The van der Waals surface area contributed by atoms with Crippen LogP contribution in [0.3, 0.4) is 0 Å². The Kier molecular flexibility index (Phi) is 6.63. The van der Waals surface area contributed by atoms with Crippen LogP contribution in [0.1, 0.15) is 0 Å². The topological polar surface area (TPSA) is 58.2 Å². The van der Waals surface area contributed by atoms with Crippen LogP contribution in [-0.4, -0.2) is 30.4 Å². The van der Waals surface area contributed by atoms with E-state index in [1.807, 2.05) is 0 Å². The Morgan fingerprint density at radius 1 is 1.19 bits per heavy atom. The van der Waals surface area contributed by atoms with Crippen molar-refractivity contribution >= 4 is 46.9 Å². The smallest absolute Gasteiger partial charge is 0.329 e. The van der Waals surface area contributed by atoms with Crippen molar-refractivity contribution in [2.75, 3.05) is 12.3 Å². The average Bonchev–Trinajstić information content (AvgIpc) is 2.35. The first-order valence-corrected chi connectivity index (χ1v) is 7.14. The van der Waals surface area contributed by atoms with E-state index in [9.17, 15) is 22.8 Å². The lowest BCUT2D eigenvalue weighted by Crippen LogP contribution is -2.43. The lowest BCUT2D eigenvalue weighted by atomic mass is 10.4. The molecule has 0 heterocycles. The first kappa shape index (κ1) is 17.9. The summed E-state index contributed by atoms with van der Waals surface area (Å²) < 4.78 is 35.6. The number of amides is 3. The van der Waals surface area contributed by atoms with Crippen LogP contribution >= 0.6 is 35.0 Å². The van der Waals surface area contributed by atoms with Gasteiger partial charge in [-0.25, -0.2) is 4.79 Å². The summed E-state index contributed by atoms with van der Waals surface area (Å²) in [5, 5.41) is 3.95. The molecule has 0 aliphatic heterocycles. The zero-order valence-electron chi connectivity index (χ0n) is 10.3. The van der Waals surface area contributed by atoms with Crippen molar-refractivity contribution in [3.05, 3.63) is 28.2 Å². The van der Waals surface area contributed by atoms with E-state index in [0.29, 0.717) is 14.9 Å². The number of hydrogen-bond donors (Lipinski definition) is 2. The van der Waals surface area contributed by atoms with Gasteiger partial charge in [0.25, 0.3) is 0 Å². The highest BCUT2D eigenvalue weighted by Crippen LogP contribution is 2.33. The molecule has 0 aromatic heterocycles. The zero-order chi connectivity index (χ0) is 16.0. The summed E-state index contributed by atoms with van der Waals surface area (Å²) in [6, 6.07) is 3.55. The summed E-state index contributed by atoms with van der Waals surface area (Å²) in [5.74, 6) is -0.987. The van der Waals surface area contributed by atoms with E-state index < -0.39 is 24.7 Å². The van der Waals surface area contributed by atoms with Gasteiger partial charge in [-0.1, -0.05) is 29.3 Å². The highest BCUT2D eigenvalue weighted by Gasteiger charge is 2.27. The second kappa shape index (κ2) is 7.77. The minimum absolute atomic E-state index is 0.219. The van der Waals surface area contributed by atoms with Crippen LogP contribution in [0.25, 0.3) is 0 Å². The van der Waals surface area contributed by atoms with Gasteiger partial charge >= 0.3 is 12.2 Å². The summed E-state index contributed by atoms with van der Waals surface area (Å²) in [5.41, 5.74) is 0. The van der Waals surface area contributed by atoms with E-state index in [2.05, 4.69) is 0 Å². The molecule has 0 aliphatic carbocycles. The third-order valence-electron chi connectivity index (χ3n) is 1.97. The molecule has 0 fully saturated rings. The average molecular weight is 361 g/mol. The largest absolute Gasteiger partial charge is 0.405 e. The normalized spacial score (nSPS) is 11.1. The highest BCUT2D eigenvalue weighted by atomic mass is 35.5. The van der Waals surface area contributed by atoms with Gasteiger partial charge in [-0.2, -0.15) is 13.2 Å². The van der Waals surface area contributed by atoms with Crippen LogP contribution in [0.4, 0.5) is 18.0 Å². The molecule has 0 atom stereocenters. The highest BCUT2D eigenvalue weighted by molar-refractivity contribution is 8.00. The molecule has 0 unspecified atom stereocenters. The zero-order valence-corrected chi connectivity index (χ0v) is 12.6. The monoisotopic (exact) mass is 360 g/mol. The third kappa shape index (κ3) is 6.92. The SMILES string of the molecule is O=C(CSc1c(Cl)cccc1Cl)NC(=O)NCC(F)(F)F. The number of thioether (sulfide) groups is 1. The van der Waals surface area contributed by atoms with Gasteiger partial charge in [0.15, 0.2) is 0 Å². The van der Waals surface area contributed by atoms with E-state index in [-0.39, 0.29) is 5.75 Å². The Bertz CT molecular complexity index is 520. The van der Waals surface area contributed by atoms with E-state index in [1.54, 1.807) is 23.5 Å². The summed E-state index contributed by atoms with van der Waals surface area (Å²) >= 11 is 12.7. The van der Waals surface area contributed by atoms with E-state index in [1.165, 1.54) is 5.32 Å². The van der Waals surface area contributed by atoms with Gasteiger partial charge in [0.05, 0.1) is 15.8 Å². The molecule has 4 nitrogen and oxygen atoms in total. The second-order valence-electron chi connectivity index (χ2n) is 3.69. The first-order valence-electron chi connectivity index (χ1n) is 5.40. The number of rotatable bonds is 4. The van der Waals surface area contributed by atoms with Crippen LogP contribution < -0.4 is 10.6 Å². The summed E-state index contributed by atoms with van der Waals surface area (Å²) in [4.78, 5) is 22.9. The van der Waals surface area contributed by atoms with E-state index in [0.717, 1.165) is 11.8 Å². The molecular weight excluding hydrogens is 352 g/mol. The van der Waals surface area contributed by atoms with Gasteiger partial charge in [-0.3, -0.25) is 10.1 Å². The number of carbonyl (C=O) groups is 2. The van der Waals surface area contributed by atoms with Gasteiger partial charge in [0, 0.05) is 4.90 Å². The number of carbonyl (C=O) groups excluding carboxylic acids is 2. The Labute approximate surface area is 132 Å². The van der Waals surface area contributed by atoms with Crippen LogP contribution in [0, 0.1) is 0 Å². The molecule has 1 rings (SSSR count). The number of benzene rings is 1. The van der Waals surface area contributed by atoms with Crippen LogP contribution in [-0.2, 0) is 4.79 Å². The molecule has 3 amide bonds. The van der Waals surface area contributed by atoms with E-state index >= 15 is 0 Å². The van der Waals surface area contributed by atoms with Crippen LogP contribution in [0.2, 0.25) is 10.0 Å². The predicted octanol–water partition coefficient (Wildman–Crippen LogP) is 3.47. The van der Waals surface area contributed by atoms with Crippen LogP contribution in [0.5, 0.6) is 0 Å². The fourth-order valence-corrected chi connectivity index (χ4v) is 2.63. The standard InChI is InChI=1S/C11H9Cl2F3N2O2S/c12-6-2-1-3-7(13)9(6)21-4-8(19)18-10(20)17-5-11(14,15)16/h1-3H,4-5H2,(H2,17,18,19,20). The Hall–Kier alpha value is -1.12.